The molecule has 20 heavy (non-hydrogen) atoms. The molecular formula is C14H23NO4S. The van der Waals surface area contributed by atoms with Crippen LogP contribution in [0, 0.1) is 0 Å². The van der Waals surface area contributed by atoms with Crippen molar-refractivity contribution in [2.45, 2.75) is 37.2 Å². The van der Waals surface area contributed by atoms with Gasteiger partial charge in [0.1, 0.15) is 5.75 Å². The average Bonchev–Trinajstić information content (AvgIpc) is 2.36. The molecule has 114 valence electrons. The Bertz CT molecular complexity index is 496. The molecule has 0 bridgehead atoms. The molecule has 1 atom stereocenters. The largest absolute Gasteiger partial charge is 0.494 e. The van der Waals surface area contributed by atoms with Crippen LogP contribution in [0.4, 0.5) is 0 Å². The van der Waals surface area contributed by atoms with Gasteiger partial charge in [-0.15, -0.1) is 0 Å². The van der Waals surface area contributed by atoms with Gasteiger partial charge in [-0.1, -0.05) is 13.8 Å². The number of sulfone groups is 1. The summed E-state index contributed by atoms with van der Waals surface area (Å²) in [5.74, 6) is 0.624. The molecule has 6 heteroatoms. The molecule has 0 aromatic heterocycles. The predicted octanol–water partition coefficient (Wildman–Crippen LogP) is 1.22. The van der Waals surface area contributed by atoms with Gasteiger partial charge >= 0.3 is 0 Å². The zero-order valence-corrected chi connectivity index (χ0v) is 13.0. The summed E-state index contributed by atoms with van der Waals surface area (Å²) >= 11 is 0. The summed E-state index contributed by atoms with van der Waals surface area (Å²) < 4.78 is 28.2. The van der Waals surface area contributed by atoms with Crippen molar-refractivity contribution in [3.63, 3.8) is 0 Å². The topological polar surface area (TPSA) is 75.6 Å². The maximum atomic E-state index is 11.3. The minimum Gasteiger partial charge on any atom is -0.494 e. The Hall–Kier alpha value is -1.11. The Kier molecular flexibility index (Phi) is 6.45. The normalized spacial score (nSPS) is 13.4. The van der Waals surface area contributed by atoms with Crippen molar-refractivity contribution in [3.8, 4) is 5.75 Å². The van der Waals surface area contributed by atoms with Gasteiger partial charge in [0.25, 0.3) is 0 Å². The predicted molar refractivity (Wildman–Crippen MR) is 78.8 cm³/mol. The molecule has 0 saturated carbocycles. The van der Waals surface area contributed by atoms with E-state index < -0.39 is 9.84 Å². The first kappa shape index (κ1) is 16.9. The molecule has 0 aliphatic carbocycles. The Morgan fingerprint density at radius 3 is 2.30 bits per heavy atom. The number of aliphatic hydroxyl groups is 1. The molecule has 0 saturated heterocycles. The molecule has 1 rings (SSSR count). The third-order valence-corrected chi connectivity index (χ3v) is 3.90. The molecule has 0 amide bonds. The van der Waals surface area contributed by atoms with Crippen LogP contribution in [0.1, 0.15) is 20.3 Å². The van der Waals surface area contributed by atoms with Crippen LogP contribution in [0.3, 0.4) is 0 Å². The summed E-state index contributed by atoms with van der Waals surface area (Å²) in [5.41, 5.74) is 0. The van der Waals surface area contributed by atoms with Crippen LogP contribution in [0.2, 0.25) is 0 Å². The molecule has 0 radical (unpaired) electrons. The number of hydrogen-bond donors (Lipinski definition) is 2. The lowest BCUT2D eigenvalue weighted by atomic mass is 10.2. The second kappa shape index (κ2) is 7.61. The van der Waals surface area contributed by atoms with Gasteiger partial charge in [-0.05, 0) is 30.7 Å². The summed E-state index contributed by atoms with van der Waals surface area (Å²) in [5, 5.41) is 12.4. The van der Waals surface area contributed by atoms with Crippen molar-refractivity contribution in [2.24, 2.45) is 0 Å². The number of hydrogen-bond acceptors (Lipinski definition) is 5. The molecule has 1 unspecified atom stereocenters. The summed E-state index contributed by atoms with van der Waals surface area (Å²) in [6.45, 7) is 4.57. The molecule has 5 nitrogen and oxygen atoms in total. The van der Waals surface area contributed by atoms with Gasteiger partial charge in [-0.2, -0.15) is 0 Å². The van der Waals surface area contributed by atoms with Crippen molar-refractivity contribution in [1.82, 2.24) is 5.32 Å². The molecule has 0 aliphatic rings. The van der Waals surface area contributed by atoms with E-state index in [-0.39, 0.29) is 17.5 Å². The lowest BCUT2D eigenvalue weighted by molar-refractivity contribution is 0.202. The highest BCUT2D eigenvalue weighted by Crippen LogP contribution is 2.16. The number of ether oxygens (including phenoxy) is 1. The van der Waals surface area contributed by atoms with Crippen LogP contribution in [0.15, 0.2) is 29.2 Å². The molecule has 0 fully saturated rings. The van der Waals surface area contributed by atoms with Crippen molar-refractivity contribution in [3.05, 3.63) is 24.3 Å². The summed E-state index contributed by atoms with van der Waals surface area (Å²) in [4.78, 5) is 0.277. The van der Waals surface area contributed by atoms with Crippen LogP contribution in [0.25, 0.3) is 0 Å². The summed E-state index contributed by atoms with van der Waals surface area (Å²) in [7, 11) is -3.17. The van der Waals surface area contributed by atoms with Gasteiger partial charge in [-0.3, -0.25) is 0 Å². The fourth-order valence-electron chi connectivity index (χ4n) is 1.80. The summed E-state index contributed by atoms with van der Waals surface area (Å²) in [6.07, 6.45) is 1.86. The van der Waals surface area contributed by atoms with E-state index in [4.69, 9.17) is 4.74 Å². The first-order valence-corrected chi connectivity index (χ1v) is 8.52. The standard InChI is InChI=1S/C14H23NO4S/c1-11(2)15-12(10-16)8-9-19-13-4-6-14(7-5-13)20(3,17)18/h4-7,11-12,15-16H,8-10H2,1-3H3. The maximum Gasteiger partial charge on any atom is 0.175 e. The average molecular weight is 301 g/mol. The Morgan fingerprint density at radius 1 is 1.25 bits per heavy atom. The van der Waals surface area contributed by atoms with E-state index in [1.165, 1.54) is 18.4 Å². The summed E-state index contributed by atoms with van der Waals surface area (Å²) in [6, 6.07) is 6.65. The van der Waals surface area contributed by atoms with Crippen LogP contribution < -0.4 is 10.1 Å². The van der Waals surface area contributed by atoms with E-state index in [0.29, 0.717) is 24.8 Å². The minimum absolute atomic E-state index is 0.00490. The fraction of sp³-hybridized carbons (Fsp3) is 0.571. The van der Waals surface area contributed by atoms with Crippen molar-refractivity contribution >= 4 is 9.84 Å². The molecule has 1 aromatic rings. The van der Waals surface area contributed by atoms with E-state index in [2.05, 4.69) is 5.32 Å². The highest BCUT2D eigenvalue weighted by atomic mass is 32.2. The van der Waals surface area contributed by atoms with E-state index in [1.54, 1.807) is 12.1 Å². The van der Waals surface area contributed by atoms with Crippen molar-refractivity contribution < 1.29 is 18.3 Å². The monoisotopic (exact) mass is 301 g/mol. The minimum atomic E-state index is -3.17. The molecule has 1 aromatic carbocycles. The Labute approximate surface area is 120 Å². The number of nitrogens with one attached hydrogen (secondary N) is 1. The highest BCUT2D eigenvalue weighted by molar-refractivity contribution is 7.90. The van der Waals surface area contributed by atoms with Gasteiger partial charge < -0.3 is 15.2 Å². The van der Waals surface area contributed by atoms with Gasteiger partial charge in [0.15, 0.2) is 9.84 Å². The first-order valence-electron chi connectivity index (χ1n) is 6.62. The Morgan fingerprint density at radius 2 is 1.85 bits per heavy atom. The highest BCUT2D eigenvalue weighted by Gasteiger charge is 2.09. The number of aliphatic hydroxyl groups excluding tert-OH is 1. The van der Waals surface area contributed by atoms with E-state index in [9.17, 15) is 13.5 Å². The maximum absolute atomic E-state index is 11.3. The van der Waals surface area contributed by atoms with E-state index in [0.717, 1.165) is 0 Å². The lowest BCUT2D eigenvalue weighted by Crippen LogP contribution is -2.38. The van der Waals surface area contributed by atoms with Crippen LogP contribution in [-0.2, 0) is 9.84 Å². The first-order chi connectivity index (χ1) is 9.32. The van der Waals surface area contributed by atoms with Crippen molar-refractivity contribution in [2.75, 3.05) is 19.5 Å². The number of rotatable bonds is 8. The third kappa shape index (κ3) is 5.90. The van der Waals surface area contributed by atoms with E-state index >= 15 is 0 Å². The third-order valence-electron chi connectivity index (χ3n) is 2.78. The van der Waals surface area contributed by atoms with Gasteiger partial charge in [0.05, 0.1) is 18.1 Å². The van der Waals surface area contributed by atoms with Gasteiger partial charge in [-0.25, -0.2) is 8.42 Å². The quantitative estimate of drug-likeness (QED) is 0.755. The lowest BCUT2D eigenvalue weighted by Gasteiger charge is -2.19. The van der Waals surface area contributed by atoms with Gasteiger partial charge in [0.2, 0.25) is 0 Å². The molecule has 0 spiro atoms. The van der Waals surface area contributed by atoms with Crippen LogP contribution in [-0.4, -0.2) is 45.1 Å². The smallest absolute Gasteiger partial charge is 0.175 e. The second-order valence-corrected chi connectivity index (χ2v) is 7.10. The second-order valence-electron chi connectivity index (χ2n) is 5.08. The molecule has 0 aliphatic heterocycles. The Balaban J connectivity index is 2.46. The van der Waals surface area contributed by atoms with E-state index in [1.807, 2.05) is 13.8 Å². The molecular weight excluding hydrogens is 278 g/mol. The van der Waals surface area contributed by atoms with Crippen molar-refractivity contribution in [1.29, 1.82) is 0 Å². The fourth-order valence-corrected chi connectivity index (χ4v) is 2.43. The van der Waals surface area contributed by atoms with Crippen LogP contribution >= 0.6 is 0 Å². The molecule has 0 heterocycles. The van der Waals surface area contributed by atoms with Crippen LogP contribution in [0.5, 0.6) is 5.75 Å². The zero-order chi connectivity index (χ0) is 15.2. The molecule has 2 N–H and O–H groups in total. The van der Waals surface area contributed by atoms with Gasteiger partial charge in [0, 0.05) is 18.3 Å². The number of benzene rings is 1. The zero-order valence-electron chi connectivity index (χ0n) is 12.2. The SMILES string of the molecule is CC(C)NC(CO)CCOc1ccc(S(C)(=O)=O)cc1.